The van der Waals surface area contributed by atoms with Crippen molar-refractivity contribution < 1.29 is 14.6 Å². The maximum absolute atomic E-state index is 11.0. The van der Waals surface area contributed by atoms with Crippen LogP contribution in [0.15, 0.2) is 42.6 Å². The number of aromatic carboxylic acids is 1. The fourth-order valence-electron chi connectivity index (χ4n) is 2.09. The first-order valence-corrected chi connectivity index (χ1v) is 6.04. The number of hydrogen-bond acceptors (Lipinski definition) is 3. The maximum atomic E-state index is 11.0. The van der Waals surface area contributed by atoms with Gasteiger partial charge in [0.1, 0.15) is 5.75 Å². The zero-order valence-electron chi connectivity index (χ0n) is 10.8. The fourth-order valence-corrected chi connectivity index (χ4v) is 2.09. The molecule has 3 rings (SSSR count). The fraction of sp³-hybridized carbons (Fsp3) is 0.0667. The monoisotopic (exact) mass is 268 g/mol. The Hall–Kier alpha value is -2.82. The van der Waals surface area contributed by atoms with Gasteiger partial charge in [0.25, 0.3) is 0 Å². The van der Waals surface area contributed by atoms with E-state index < -0.39 is 5.97 Å². The van der Waals surface area contributed by atoms with E-state index in [0.29, 0.717) is 5.69 Å². The highest BCUT2D eigenvalue weighted by Crippen LogP contribution is 2.26. The summed E-state index contributed by atoms with van der Waals surface area (Å²) in [7, 11) is 1.62. The molecular formula is C15H12N2O3. The summed E-state index contributed by atoms with van der Waals surface area (Å²) >= 11 is 0. The van der Waals surface area contributed by atoms with Gasteiger partial charge in [-0.25, -0.2) is 4.79 Å². The summed E-state index contributed by atoms with van der Waals surface area (Å²) < 4.78 is 5.18. The van der Waals surface area contributed by atoms with Crippen LogP contribution in [0.25, 0.3) is 22.3 Å². The zero-order chi connectivity index (χ0) is 14.1. The molecule has 0 spiro atoms. The van der Waals surface area contributed by atoms with Gasteiger partial charge in [-0.05, 0) is 36.4 Å². The lowest BCUT2D eigenvalue weighted by Gasteiger charge is -1.98. The van der Waals surface area contributed by atoms with Crippen molar-refractivity contribution in [1.82, 2.24) is 9.97 Å². The summed E-state index contributed by atoms with van der Waals surface area (Å²) in [5.74, 6) is -0.193. The van der Waals surface area contributed by atoms with Crippen LogP contribution in [0.4, 0.5) is 0 Å². The molecule has 0 amide bonds. The Kier molecular flexibility index (Phi) is 2.87. The standard InChI is InChI=1S/C15H12N2O3/c1-20-11-2-3-12-10(6-11)8-14(17-12)13-7-9(15(18)19)4-5-16-13/h2-8,17H,1H3,(H,18,19). The highest BCUT2D eigenvalue weighted by molar-refractivity contribution is 5.90. The molecule has 1 aromatic carbocycles. The molecule has 3 aromatic rings. The van der Waals surface area contributed by atoms with Crippen LogP contribution in [-0.2, 0) is 0 Å². The average molecular weight is 268 g/mol. The number of fused-ring (bicyclic) bond motifs is 1. The van der Waals surface area contributed by atoms with E-state index in [1.165, 1.54) is 12.3 Å². The Balaban J connectivity index is 2.10. The largest absolute Gasteiger partial charge is 0.497 e. The van der Waals surface area contributed by atoms with Crippen molar-refractivity contribution in [3.05, 3.63) is 48.2 Å². The van der Waals surface area contributed by atoms with Crippen molar-refractivity contribution in [1.29, 1.82) is 0 Å². The van der Waals surface area contributed by atoms with Crippen LogP contribution in [0.5, 0.6) is 5.75 Å². The van der Waals surface area contributed by atoms with Gasteiger partial charge in [-0.1, -0.05) is 0 Å². The van der Waals surface area contributed by atoms with Crippen molar-refractivity contribution >= 4 is 16.9 Å². The predicted octanol–water partition coefficient (Wildman–Crippen LogP) is 2.94. The molecule has 0 bridgehead atoms. The molecule has 0 atom stereocenters. The van der Waals surface area contributed by atoms with E-state index in [-0.39, 0.29) is 5.56 Å². The maximum Gasteiger partial charge on any atom is 0.335 e. The Bertz CT molecular complexity index is 793. The lowest BCUT2D eigenvalue weighted by Crippen LogP contribution is -1.97. The van der Waals surface area contributed by atoms with Crippen LogP contribution in [0, 0.1) is 0 Å². The lowest BCUT2D eigenvalue weighted by molar-refractivity contribution is 0.0697. The summed E-state index contributed by atoms with van der Waals surface area (Å²) in [6.07, 6.45) is 1.49. The van der Waals surface area contributed by atoms with E-state index in [1.807, 2.05) is 24.3 Å². The molecule has 0 aliphatic rings. The first-order chi connectivity index (χ1) is 9.67. The van der Waals surface area contributed by atoms with E-state index in [9.17, 15) is 4.79 Å². The van der Waals surface area contributed by atoms with Crippen LogP contribution < -0.4 is 4.74 Å². The number of nitrogens with one attached hydrogen (secondary N) is 1. The molecule has 5 heteroatoms. The van der Waals surface area contributed by atoms with E-state index in [1.54, 1.807) is 13.2 Å². The van der Waals surface area contributed by atoms with Crippen LogP contribution in [-0.4, -0.2) is 28.2 Å². The number of nitrogens with zero attached hydrogens (tertiary/aromatic N) is 1. The van der Waals surface area contributed by atoms with E-state index >= 15 is 0 Å². The number of ether oxygens (including phenoxy) is 1. The quantitative estimate of drug-likeness (QED) is 0.765. The minimum Gasteiger partial charge on any atom is -0.497 e. The molecule has 2 heterocycles. The number of aromatic amines is 1. The molecule has 0 fully saturated rings. The van der Waals surface area contributed by atoms with Gasteiger partial charge in [0.05, 0.1) is 24.1 Å². The Labute approximate surface area is 114 Å². The molecule has 0 aliphatic heterocycles. The smallest absolute Gasteiger partial charge is 0.335 e. The lowest BCUT2D eigenvalue weighted by atomic mass is 10.2. The van der Waals surface area contributed by atoms with Crippen molar-refractivity contribution in [3.63, 3.8) is 0 Å². The summed E-state index contributed by atoms with van der Waals surface area (Å²) in [6, 6.07) is 10.6. The van der Waals surface area contributed by atoms with Crippen molar-refractivity contribution in [2.24, 2.45) is 0 Å². The van der Waals surface area contributed by atoms with Gasteiger partial charge in [0.15, 0.2) is 0 Å². The number of methoxy groups -OCH3 is 1. The molecule has 2 N–H and O–H groups in total. The van der Waals surface area contributed by atoms with Gasteiger partial charge < -0.3 is 14.8 Å². The average Bonchev–Trinajstić information content (AvgIpc) is 2.90. The van der Waals surface area contributed by atoms with Gasteiger partial charge in [-0.2, -0.15) is 0 Å². The minimum atomic E-state index is -0.966. The summed E-state index contributed by atoms with van der Waals surface area (Å²) in [4.78, 5) is 18.4. The number of benzene rings is 1. The van der Waals surface area contributed by atoms with E-state index in [0.717, 1.165) is 22.3 Å². The Morgan fingerprint density at radius 1 is 1.25 bits per heavy atom. The third-order valence-electron chi connectivity index (χ3n) is 3.11. The van der Waals surface area contributed by atoms with Gasteiger partial charge in [0, 0.05) is 17.1 Å². The van der Waals surface area contributed by atoms with Crippen LogP contribution in [0.3, 0.4) is 0 Å². The predicted molar refractivity (Wildman–Crippen MR) is 75.0 cm³/mol. The molecule has 0 saturated carbocycles. The number of carboxylic acids is 1. The third-order valence-corrected chi connectivity index (χ3v) is 3.11. The molecule has 20 heavy (non-hydrogen) atoms. The Morgan fingerprint density at radius 2 is 2.10 bits per heavy atom. The van der Waals surface area contributed by atoms with Gasteiger partial charge in [0.2, 0.25) is 0 Å². The molecular weight excluding hydrogens is 256 g/mol. The topological polar surface area (TPSA) is 75.2 Å². The van der Waals surface area contributed by atoms with Crippen LogP contribution in [0.2, 0.25) is 0 Å². The molecule has 0 aliphatic carbocycles. The normalized spacial score (nSPS) is 10.7. The van der Waals surface area contributed by atoms with Gasteiger partial charge in [-0.3, -0.25) is 4.98 Å². The second-order valence-corrected chi connectivity index (χ2v) is 4.37. The number of hydrogen-bond donors (Lipinski definition) is 2. The summed E-state index contributed by atoms with van der Waals surface area (Å²) in [5, 5.41) is 10.00. The van der Waals surface area contributed by atoms with Gasteiger partial charge >= 0.3 is 5.97 Å². The van der Waals surface area contributed by atoms with E-state index in [2.05, 4.69) is 9.97 Å². The SMILES string of the molecule is COc1ccc2[nH]c(-c3cc(C(=O)O)ccn3)cc2c1. The number of aromatic nitrogens is 2. The summed E-state index contributed by atoms with van der Waals surface area (Å²) in [6.45, 7) is 0. The number of pyridine rings is 1. The van der Waals surface area contributed by atoms with Gasteiger partial charge in [-0.15, -0.1) is 0 Å². The third kappa shape index (κ3) is 2.09. The first-order valence-electron chi connectivity index (χ1n) is 6.04. The molecule has 100 valence electrons. The van der Waals surface area contributed by atoms with Crippen LogP contribution in [0.1, 0.15) is 10.4 Å². The van der Waals surface area contributed by atoms with Crippen molar-refractivity contribution in [2.45, 2.75) is 0 Å². The van der Waals surface area contributed by atoms with E-state index in [4.69, 9.17) is 9.84 Å². The number of H-pyrrole nitrogens is 1. The second-order valence-electron chi connectivity index (χ2n) is 4.37. The molecule has 0 unspecified atom stereocenters. The molecule has 5 nitrogen and oxygen atoms in total. The highest BCUT2D eigenvalue weighted by atomic mass is 16.5. The molecule has 2 aromatic heterocycles. The first kappa shape index (κ1) is 12.2. The van der Waals surface area contributed by atoms with Crippen molar-refractivity contribution in [3.8, 4) is 17.1 Å². The molecule has 0 radical (unpaired) electrons. The molecule has 0 saturated heterocycles. The number of carboxylic acid groups (broad SMARTS) is 1. The summed E-state index contributed by atoms with van der Waals surface area (Å²) in [5.41, 5.74) is 2.53. The van der Waals surface area contributed by atoms with Crippen LogP contribution >= 0.6 is 0 Å². The zero-order valence-corrected chi connectivity index (χ0v) is 10.8. The second kappa shape index (κ2) is 4.70. The van der Waals surface area contributed by atoms with Crippen molar-refractivity contribution in [2.75, 3.05) is 7.11 Å². The Morgan fingerprint density at radius 3 is 2.85 bits per heavy atom. The number of carbonyl (C=O) groups is 1. The number of rotatable bonds is 3. The minimum absolute atomic E-state index is 0.214. The highest BCUT2D eigenvalue weighted by Gasteiger charge is 2.09.